The summed E-state index contributed by atoms with van der Waals surface area (Å²) in [7, 11) is 4.25. The summed E-state index contributed by atoms with van der Waals surface area (Å²) in [5.41, 5.74) is 1.04. The number of carbonyl (C=O) groups is 1. The molecule has 0 aromatic rings. The molecular weight excluding hydrogens is 396 g/mol. The molecule has 1 amide bonds. The van der Waals surface area contributed by atoms with E-state index in [4.69, 9.17) is 15.7 Å². The predicted octanol–water partition coefficient (Wildman–Crippen LogP) is 3.70. The summed E-state index contributed by atoms with van der Waals surface area (Å²) >= 11 is 0. The molecule has 3 atom stereocenters. The number of rotatable bonds is 8. The van der Waals surface area contributed by atoms with Crippen LogP contribution in [0.15, 0.2) is 21.4 Å². The van der Waals surface area contributed by atoms with Crippen molar-refractivity contribution in [2.45, 2.75) is 70.9 Å². The second-order valence-corrected chi connectivity index (χ2v) is 10.3. The number of aliphatic imine (C=N–C) groups is 2. The third-order valence-corrected chi connectivity index (χ3v) is 7.97. The van der Waals surface area contributed by atoms with E-state index in [1.165, 1.54) is 0 Å². The monoisotopic (exact) mass is 426 g/mol. The van der Waals surface area contributed by atoms with Crippen LogP contribution in [0, 0.1) is 11.3 Å². The Bertz CT molecular complexity index is 684. The number of amides is 1. The SMILES string of the molecule is C=N/C(=C(\C=NC1CCN(S(=O)Cl)CC1)C1(C)CC1)N(C=O)C1CCCC1C. The van der Waals surface area contributed by atoms with Gasteiger partial charge >= 0.3 is 0 Å². The number of hydrogen-bond donors (Lipinski definition) is 0. The lowest BCUT2D eigenvalue weighted by Crippen LogP contribution is -2.36. The highest BCUT2D eigenvalue weighted by Gasteiger charge is 2.44. The molecule has 3 rings (SSSR count). The standard InChI is InChI=1S/C20H31ClN4O2S/c1-15-5-4-6-18(15)25(14-26)19(22-3)17(20(2)9-10-20)13-23-16-7-11-24(12-8-16)28(21)27/h13-16,18H,3-12H2,1-2H3/b19-17-,23-13?. The van der Waals surface area contributed by atoms with Gasteiger partial charge in [-0.25, -0.2) is 13.5 Å². The quantitative estimate of drug-likeness (QED) is 0.337. The number of nitrogens with zero attached hydrogens (tertiary/aromatic N) is 4. The van der Waals surface area contributed by atoms with Gasteiger partial charge in [-0.15, -0.1) is 0 Å². The van der Waals surface area contributed by atoms with E-state index in [1.807, 2.05) is 6.21 Å². The van der Waals surface area contributed by atoms with Gasteiger partial charge in [0.2, 0.25) is 6.41 Å². The molecule has 3 unspecified atom stereocenters. The Hall–Kier alpha value is -1.05. The number of allylic oxidation sites excluding steroid dienone is 1. The molecule has 3 aliphatic rings. The lowest BCUT2D eigenvalue weighted by atomic mass is 9.97. The third-order valence-electron chi connectivity index (χ3n) is 6.61. The Balaban J connectivity index is 1.83. The van der Waals surface area contributed by atoms with Crippen LogP contribution in [0.3, 0.4) is 0 Å². The van der Waals surface area contributed by atoms with Crippen molar-refractivity contribution in [3.8, 4) is 0 Å². The molecule has 1 aliphatic heterocycles. The van der Waals surface area contributed by atoms with Crippen LogP contribution in [0.1, 0.15) is 58.8 Å². The average molecular weight is 427 g/mol. The minimum atomic E-state index is -1.43. The first-order chi connectivity index (χ1) is 13.4. The van der Waals surface area contributed by atoms with Crippen molar-refractivity contribution in [3.05, 3.63) is 11.4 Å². The van der Waals surface area contributed by atoms with Crippen LogP contribution < -0.4 is 0 Å². The molecule has 8 heteroatoms. The number of carbonyl (C=O) groups excluding carboxylic acids is 1. The lowest BCUT2D eigenvalue weighted by molar-refractivity contribution is -0.118. The fraction of sp³-hybridized carbons (Fsp3) is 0.750. The van der Waals surface area contributed by atoms with E-state index in [0.717, 1.165) is 56.9 Å². The van der Waals surface area contributed by atoms with Crippen molar-refractivity contribution < 1.29 is 9.00 Å². The van der Waals surface area contributed by atoms with Crippen molar-refractivity contribution in [3.63, 3.8) is 0 Å². The zero-order valence-corrected chi connectivity index (χ0v) is 18.4. The molecule has 28 heavy (non-hydrogen) atoms. The minimum absolute atomic E-state index is 0.0153. The van der Waals surface area contributed by atoms with Crippen LogP contribution in [0.25, 0.3) is 0 Å². The number of halogens is 1. The van der Waals surface area contributed by atoms with E-state index in [1.54, 1.807) is 9.21 Å². The molecule has 0 N–H and O–H groups in total. The third kappa shape index (κ3) is 4.74. The Labute approximate surface area is 175 Å². The first-order valence-electron chi connectivity index (χ1n) is 10.2. The second-order valence-electron chi connectivity index (χ2n) is 8.59. The molecule has 1 heterocycles. The molecule has 0 bridgehead atoms. The highest BCUT2D eigenvalue weighted by molar-refractivity contribution is 8.06. The molecule has 3 fully saturated rings. The smallest absolute Gasteiger partial charge is 0.215 e. The maximum Gasteiger partial charge on any atom is 0.215 e. The predicted molar refractivity (Wildman–Crippen MR) is 116 cm³/mol. The van der Waals surface area contributed by atoms with E-state index in [2.05, 4.69) is 25.6 Å². The van der Waals surface area contributed by atoms with Gasteiger partial charge in [-0.2, -0.15) is 0 Å². The van der Waals surface area contributed by atoms with E-state index < -0.39 is 10.2 Å². The molecule has 2 saturated carbocycles. The highest BCUT2D eigenvalue weighted by atomic mass is 35.7. The van der Waals surface area contributed by atoms with Gasteiger partial charge in [0.1, 0.15) is 5.82 Å². The van der Waals surface area contributed by atoms with Crippen molar-refractivity contribution in [1.29, 1.82) is 0 Å². The Morgan fingerprint density at radius 3 is 2.43 bits per heavy atom. The summed E-state index contributed by atoms with van der Waals surface area (Å²) < 4.78 is 13.2. The van der Waals surface area contributed by atoms with Gasteiger partial charge < -0.3 is 0 Å². The zero-order valence-electron chi connectivity index (χ0n) is 16.8. The number of hydrogen-bond acceptors (Lipinski definition) is 4. The Morgan fingerprint density at radius 2 is 1.96 bits per heavy atom. The van der Waals surface area contributed by atoms with Crippen LogP contribution >= 0.6 is 10.7 Å². The van der Waals surface area contributed by atoms with Gasteiger partial charge in [0.15, 0.2) is 10.2 Å². The fourth-order valence-electron chi connectivity index (χ4n) is 4.39. The summed E-state index contributed by atoms with van der Waals surface area (Å²) in [5, 5.41) is 0. The van der Waals surface area contributed by atoms with Crippen LogP contribution in [0.5, 0.6) is 0 Å². The largest absolute Gasteiger partial charge is 0.296 e. The van der Waals surface area contributed by atoms with Crippen molar-refractivity contribution >= 4 is 40.2 Å². The first-order valence-corrected chi connectivity index (χ1v) is 12.1. The molecule has 156 valence electrons. The van der Waals surface area contributed by atoms with Crippen LogP contribution in [-0.2, 0) is 15.0 Å². The molecule has 1 saturated heterocycles. The Morgan fingerprint density at radius 1 is 1.29 bits per heavy atom. The fourth-order valence-corrected chi connectivity index (χ4v) is 5.30. The van der Waals surface area contributed by atoms with Gasteiger partial charge in [-0.05, 0) is 56.6 Å². The van der Waals surface area contributed by atoms with Gasteiger partial charge in [-0.3, -0.25) is 14.7 Å². The van der Waals surface area contributed by atoms with Crippen molar-refractivity contribution in [1.82, 2.24) is 9.21 Å². The highest BCUT2D eigenvalue weighted by Crippen LogP contribution is 2.52. The van der Waals surface area contributed by atoms with Crippen LogP contribution in [-0.4, -0.2) is 57.9 Å². The van der Waals surface area contributed by atoms with E-state index in [-0.39, 0.29) is 17.5 Å². The normalized spacial score (nSPS) is 30.1. The Kier molecular flexibility index (Phi) is 7.10. The van der Waals surface area contributed by atoms with Crippen LogP contribution in [0.4, 0.5) is 0 Å². The van der Waals surface area contributed by atoms with E-state index in [9.17, 15) is 9.00 Å². The molecule has 2 aliphatic carbocycles. The summed E-state index contributed by atoms with van der Waals surface area (Å²) in [6.07, 6.45) is 9.94. The topological polar surface area (TPSA) is 65.3 Å². The summed E-state index contributed by atoms with van der Waals surface area (Å²) in [5.74, 6) is 1.14. The maximum absolute atomic E-state index is 12.0. The van der Waals surface area contributed by atoms with Gasteiger partial charge in [0, 0.05) is 41.6 Å². The summed E-state index contributed by atoms with van der Waals surface area (Å²) in [6.45, 7) is 9.56. The van der Waals surface area contributed by atoms with E-state index in [0.29, 0.717) is 24.8 Å². The molecular formula is C20H31ClN4O2S. The van der Waals surface area contributed by atoms with Crippen molar-refractivity contribution in [2.75, 3.05) is 13.1 Å². The molecule has 0 spiro atoms. The summed E-state index contributed by atoms with van der Waals surface area (Å²) in [4.78, 5) is 23.0. The second kappa shape index (κ2) is 9.18. The zero-order chi connectivity index (χ0) is 20.3. The summed E-state index contributed by atoms with van der Waals surface area (Å²) in [6, 6.07) is 0.362. The van der Waals surface area contributed by atoms with Gasteiger partial charge in [0.25, 0.3) is 0 Å². The molecule has 6 nitrogen and oxygen atoms in total. The van der Waals surface area contributed by atoms with Gasteiger partial charge in [-0.1, -0.05) is 20.3 Å². The van der Waals surface area contributed by atoms with E-state index >= 15 is 0 Å². The average Bonchev–Trinajstić information content (AvgIpc) is 3.29. The van der Waals surface area contributed by atoms with Crippen LogP contribution in [0.2, 0.25) is 0 Å². The lowest BCUT2D eigenvalue weighted by Gasteiger charge is -2.31. The first kappa shape index (κ1) is 21.7. The van der Waals surface area contributed by atoms with Gasteiger partial charge in [0.05, 0.1) is 6.04 Å². The number of piperidine rings is 1. The molecule has 0 aromatic heterocycles. The minimum Gasteiger partial charge on any atom is -0.296 e. The molecule has 0 aromatic carbocycles. The maximum atomic E-state index is 12.0. The molecule has 0 radical (unpaired) electrons. The van der Waals surface area contributed by atoms with Crippen molar-refractivity contribution in [2.24, 2.45) is 21.3 Å².